The predicted octanol–water partition coefficient (Wildman–Crippen LogP) is 3.46. The highest BCUT2D eigenvalue weighted by Crippen LogP contribution is 2.26. The standard InChI is InChI=1S/C17H17FN2O2/c1-3-8-22-14-5-4-13(18)15-16(14)19-9-12(17(15)21)11-6-7-20(2)10-11/h4-7,9-10H,3,8H2,1-2H3,(H,19,21). The number of halogens is 1. The third kappa shape index (κ3) is 2.39. The van der Waals surface area contributed by atoms with Gasteiger partial charge < -0.3 is 14.3 Å². The Bertz CT molecular complexity index is 880. The van der Waals surface area contributed by atoms with Crippen LogP contribution < -0.4 is 10.2 Å². The van der Waals surface area contributed by atoms with Crippen molar-refractivity contribution < 1.29 is 9.13 Å². The fraction of sp³-hybridized carbons (Fsp3) is 0.235. The first-order valence-corrected chi connectivity index (χ1v) is 7.21. The van der Waals surface area contributed by atoms with Crippen LogP contribution in [0.1, 0.15) is 13.3 Å². The highest BCUT2D eigenvalue weighted by atomic mass is 19.1. The number of aromatic amines is 1. The Morgan fingerprint density at radius 2 is 2.14 bits per heavy atom. The molecule has 1 aromatic carbocycles. The molecule has 4 nitrogen and oxygen atoms in total. The molecule has 5 heteroatoms. The Balaban J connectivity index is 2.22. The summed E-state index contributed by atoms with van der Waals surface area (Å²) < 4.78 is 21.6. The predicted molar refractivity (Wildman–Crippen MR) is 84.7 cm³/mol. The lowest BCUT2D eigenvalue weighted by molar-refractivity contribution is 0.320. The molecule has 0 saturated heterocycles. The molecule has 1 N–H and O–H groups in total. The van der Waals surface area contributed by atoms with Gasteiger partial charge in [-0.1, -0.05) is 6.92 Å². The van der Waals surface area contributed by atoms with E-state index in [2.05, 4.69) is 4.98 Å². The maximum atomic E-state index is 14.2. The number of nitrogens with zero attached hydrogens (tertiary/aromatic N) is 1. The molecule has 3 aromatic rings. The number of fused-ring (bicyclic) bond motifs is 1. The van der Waals surface area contributed by atoms with Crippen molar-refractivity contribution in [1.82, 2.24) is 9.55 Å². The van der Waals surface area contributed by atoms with E-state index in [-0.39, 0.29) is 10.8 Å². The van der Waals surface area contributed by atoms with E-state index >= 15 is 0 Å². The lowest BCUT2D eigenvalue weighted by atomic mass is 10.1. The van der Waals surface area contributed by atoms with Gasteiger partial charge in [0.1, 0.15) is 11.6 Å². The molecule has 114 valence electrons. The molecule has 0 atom stereocenters. The van der Waals surface area contributed by atoms with Gasteiger partial charge in [0.15, 0.2) is 5.43 Å². The van der Waals surface area contributed by atoms with Gasteiger partial charge in [-0.05, 0) is 24.6 Å². The van der Waals surface area contributed by atoms with Gasteiger partial charge in [-0.3, -0.25) is 4.79 Å². The number of ether oxygens (including phenoxy) is 1. The molecule has 22 heavy (non-hydrogen) atoms. The average Bonchev–Trinajstić information content (AvgIpc) is 2.93. The number of aryl methyl sites for hydroxylation is 1. The van der Waals surface area contributed by atoms with E-state index in [1.165, 1.54) is 6.07 Å². The van der Waals surface area contributed by atoms with Crippen molar-refractivity contribution in [2.24, 2.45) is 7.05 Å². The first-order valence-electron chi connectivity index (χ1n) is 7.21. The van der Waals surface area contributed by atoms with E-state index in [0.29, 0.717) is 23.4 Å². The van der Waals surface area contributed by atoms with Crippen LogP contribution in [0.15, 0.2) is 41.6 Å². The third-order valence-electron chi connectivity index (χ3n) is 3.55. The normalized spacial score (nSPS) is 11.0. The summed E-state index contributed by atoms with van der Waals surface area (Å²) >= 11 is 0. The summed E-state index contributed by atoms with van der Waals surface area (Å²) in [5, 5.41) is 0.0370. The summed E-state index contributed by atoms with van der Waals surface area (Å²) in [6, 6.07) is 4.65. The van der Waals surface area contributed by atoms with Crippen LogP contribution in [-0.2, 0) is 7.05 Å². The van der Waals surface area contributed by atoms with Gasteiger partial charge in [0.2, 0.25) is 0 Å². The second-order valence-electron chi connectivity index (χ2n) is 5.24. The average molecular weight is 300 g/mol. The molecule has 0 amide bonds. The minimum atomic E-state index is -0.544. The molecule has 0 aliphatic carbocycles. The van der Waals surface area contributed by atoms with Crippen molar-refractivity contribution in [2.45, 2.75) is 13.3 Å². The van der Waals surface area contributed by atoms with Gasteiger partial charge in [-0.15, -0.1) is 0 Å². The number of pyridine rings is 1. The molecule has 0 spiro atoms. The molecule has 0 radical (unpaired) electrons. The fourth-order valence-electron chi connectivity index (χ4n) is 2.48. The molecule has 0 saturated carbocycles. The Morgan fingerprint density at radius 1 is 1.32 bits per heavy atom. The summed E-state index contributed by atoms with van der Waals surface area (Å²) in [4.78, 5) is 15.7. The summed E-state index contributed by atoms with van der Waals surface area (Å²) in [6.07, 6.45) is 6.12. The second kappa shape index (κ2) is 5.67. The van der Waals surface area contributed by atoms with Crippen molar-refractivity contribution in [2.75, 3.05) is 6.61 Å². The van der Waals surface area contributed by atoms with E-state index in [9.17, 15) is 9.18 Å². The van der Waals surface area contributed by atoms with E-state index in [1.807, 2.05) is 37.0 Å². The summed E-state index contributed by atoms with van der Waals surface area (Å²) in [5.74, 6) is -0.0483. The largest absolute Gasteiger partial charge is 0.491 e. The SMILES string of the molecule is CCCOc1ccc(F)c2c(=O)c(-c3ccn(C)c3)c[nH]c12. The van der Waals surface area contributed by atoms with E-state index in [0.717, 1.165) is 12.0 Å². The van der Waals surface area contributed by atoms with Crippen LogP contribution in [0.3, 0.4) is 0 Å². The molecule has 0 aliphatic rings. The van der Waals surface area contributed by atoms with Crippen molar-refractivity contribution >= 4 is 10.9 Å². The first kappa shape index (κ1) is 14.4. The third-order valence-corrected chi connectivity index (χ3v) is 3.55. The number of hydrogen-bond donors (Lipinski definition) is 1. The van der Waals surface area contributed by atoms with Gasteiger partial charge in [0, 0.05) is 36.8 Å². The molecule has 2 heterocycles. The second-order valence-corrected chi connectivity index (χ2v) is 5.24. The molecule has 2 aromatic heterocycles. The Hall–Kier alpha value is -2.56. The lowest BCUT2D eigenvalue weighted by Crippen LogP contribution is -2.09. The summed E-state index contributed by atoms with van der Waals surface area (Å²) in [7, 11) is 1.87. The Morgan fingerprint density at radius 3 is 2.82 bits per heavy atom. The van der Waals surface area contributed by atoms with Crippen molar-refractivity contribution in [3.05, 3.63) is 52.8 Å². The summed E-state index contributed by atoms with van der Waals surface area (Å²) in [5.41, 5.74) is 1.27. The quantitative estimate of drug-likeness (QED) is 0.802. The Labute approximate surface area is 127 Å². The summed E-state index contributed by atoms with van der Waals surface area (Å²) in [6.45, 7) is 2.51. The van der Waals surface area contributed by atoms with Crippen LogP contribution in [0.4, 0.5) is 4.39 Å². The van der Waals surface area contributed by atoms with Crippen LogP contribution in [0.5, 0.6) is 5.75 Å². The van der Waals surface area contributed by atoms with Gasteiger partial charge in [-0.25, -0.2) is 4.39 Å². The van der Waals surface area contributed by atoms with E-state index in [1.54, 1.807) is 12.3 Å². The Kier molecular flexibility index (Phi) is 3.71. The fourth-order valence-corrected chi connectivity index (χ4v) is 2.48. The maximum Gasteiger partial charge on any atom is 0.200 e. The monoisotopic (exact) mass is 300 g/mol. The van der Waals surface area contributed by atoms with Crippen molar-refractivity contribution in [3.63, 3.8) is 0 Å². The van der Waals surface area contributed by atoms with Crippen LogP contribution in [0, 0.1) is 5.82 Å². The molecule has 0 unspecified atom stereocenters. The number of aromatic nitrogens is 2. The molecule has 0 fully saturated rings. The number of H-pyrrole nitrogens is 1. The van der Waals surface area contributed by atoms with E-state index < -0.39 is 5.82 Å². The number of benzene rings is 1. The molecular weight excluding hydrogens is 283 g/mol. The zero-order valence-electron chi connectivity index (χ0n) is 12.5. The highest BCUT2D eigenvalue weighted by Gasteiger charge is 2.15. The van der Waals surface area contributed by atoms with Crippen LogP contribution >= 0.6 is 0 Å². The van der Waals surface area contributed by atoms with Crippen molar-refractivity contribution in [3.8, 4) is 16.9 Å². The highest BCUT2D eigenvalue weighted by molar-refractivity contribution is 5.88. The van der Waals surface area contributed by atoms with Crippen LogP contribution in [0.2, 0.25) is 0 Å². The number of nitrogens with one attached hydrogen (secondary N) is 1. The maximum absolute atomic E-state index is 14.2. The minimum Gasteiger partial charge on any atom is -0.491 e. The van der Waals surface area contributed by atoms with Gasteiger partial charge >= 0.3 is 0 Å². The zero-order chi connectivity index (χ0) is 15.7. The minimum absolute atomic E-state index is 0.0370. The van der Waals surface area contributed by atoms with Gasteiger partial charge in [0.05, 0.1) is 17.5 Å². The smallest absolute Gasteiger partial charge is 0.200 e. The zero-order valence-corrected chi connectivity index (χ0v) is 12.5. The number of hydrogen-bond acceptors (Lipinski definition) is 2. The molecule has 0 bridgehead atoms. The molecule has 3 rings (SSSR count). The van der Waals surface area contributed by atoms with Crippen LogP contribution in [-0.4, -0.2) is 16.2 Å². The van der Waals surface area contributed by atoms with E-state index in [4.69, 9.17) is 4.74 Å². The molecular formula is C17H17FN2O2. The van der Waals surface area contributed by atoms with Crippen molar-refractivity contribution in [1.29, 1.82) is 0 Å². The topological polar surface area (TPSA) is 47.0 Å². The molecule has 0 aliphatic heterocycles. The first-order chi connectivity index (χ1) is 10.6. The lowest BCUT2D eigenvalue weighted by Gasteiger charge is -2.09. The number of rotatable bonds is 4. The van der Waals surface area contributed by atoms with Gasteiger partial charge in [0.25, 0.3) is 0 Å². The van der Waals surface area contributed by atoms with Crippen LogP contribution in [0.25, 0.3) is 22.0 Å². The van der Waals surface area contributed by atoms with Gasteiger partial charge in [-0.2, -0.15) is 0 Å².